The van der Waals surface area contributed by atoms with Crippen molar-refractivity contribution in [1.82, 2.24) is 35.0 Å². The topological polar surface area (TPSA) is 105 Å². The van der Waals surface area contributed by atoms with Crippen LogP contribution in [0.3, 0.4) is 0 Å². The Balaban J connectivity index is 1.17. The quantitative estimate of drug-likeness (QED) is 0.350. The lowest BCUT2D eigenvalue weighted by Crippen LogP contribution is -2.45. The van der Waals surface area contributed by atoms with E-state index in [-0.39, 0.29) is 0 Å². The number of rotatable bonds is 6. The first-order valence-electron chi connectivity index (χ1n) is 13.8. The summed E-state index contributed by atoms with van der Waals surface area (Å²) in [7, 11) is 0. The molecule has 3 N–H and O–H groups in total. The van der Waals surface area contributed by atoms with Gasteiger partial charge >= 0.3 is 0 Å². The number of piperidine rings is 1. The van der Waals surface area contributed by atoms with Crippen molar-refractivity contribution in [2.75, 3.05) is 23.7 Å². The van der Waals surface area contributed by atoms with Crippen molar-refractivity contribution in [1.29, 1.82) is 0 Å². The molecule has 2 aliphatic carbocycles. The molecule has 38 heavy (non-hydrogen) atoms. The fraction of sp³-hybridized carbons (Fsp3) is 0.414. The van der Waals surface area contributed by atoms with Gasteiger partial charge in [-0.3, -0.25) is 9.67 Å². The molecule has 0 amide bonds. The molecule has 6 heterocycles. The van der Waals surface area contributed by atoms with E-state index in [0.717, 1.165) is 72.0 Å². The van der Waals surface area contributed by atoms with Gasteiger partial charge in [0.1, 0.15) is 11.6 Å². The van der Waals surface area contributed by atoms with E-state index < -0.39 is 0 Å². The normalized spacial score (nSPS) is 21.7. The van der Waals surface area contributed by atoms with Crippen LogP contribution in [0, 0.1) is 5.41 Å². The fourth-order valence-corrected chi connectivity index (χ4v) is 6.17. The van der Waals surface area contributed by atoms with Crippen LogP contribution >= 0.6 is 0 Å². The summed E-state index contributed by atoms with van der Waals surface area (Å²) in [4.78, 5) is 19.4. The molecule has 3 fully saturated rings. The van der Waals surface area contributed by atoms with Gasteiger partial charge in [0.05, 0.1) is 17.4 Å². The number of aromatic nitrogens is 6. The van der Waals surface area contributed by atoms with Crippen molar-refractivity contribution >= 4 is 28.6 Å². The van der Waals surface area contributed by atoms with E-state index in [1.165, 1.54) is 31.2 Å². The SMILES string of the molecule is C1=C(Nc2cc(-c3nc(NC4CCNCC45CC5)c4c(C5CC5)cncc4n3)ccn2)CCn2nccc21. The van der Waals surface area contributed by atoms with Crippen LogP contribution in [-0.2, 0) is 6.54 Å². The van der Waals surface area contributed by atoms with E-state index >= 15 is 0 Å². The number of fused-ring (bicyclic) bond motifs is 2. The zero-order valence-electron chi connectivity index (χ0n) is 21.3. The highest BCUT2D eigenvalue weighted by atomic mass is 15.3. The molecule has 4 aromatic rings. The second-order valence-corrected chi connectivity index (χ2v) is 11.3. The van der Waals surface area contributed by atoms with E-state index in [1.54, 1.807) is 0 Å². The lowest BCUT2D eigenvalue weighted by atomic mass is 9.90. The number of allylic oxidation sites excluding steroid dienone is 1. The third-order valence-corrected chi connectivity index (χ3v) is 8.65. The molecule has 8 rings (SSSR count). The van der Waals surface area contributed by atoms with Crippen molar-refractivity contribution in [3.05, 3.63) is 59.9 Å². The van der Waals surface area contributed by atoms with Crippen LogP contribution in [0.1, 0.15) is 55.7 Å². The molecule has 1 saturated heterocycles. The molecular weight excluding hydrogens is 474 g/mol. The summed E-state index contributed by atoms with van der Waals surface area (Å²) in [5.41, 5.74) is 5.74. The van der Waals surface area contributed by atoms with Crippen LogP contribution in [0.15, 0.2) is 48.7 Å². The molecule has 4 aliphatic rings. The van der Waals surface area contributed by atoms with Gasteiger partial charge in [0.25, 0.3) is 0 Å². The Bertz CT molecular complexity index is 1560. The van der Waals surface area contributed by atoms with Gasteiger partial charge in [0, 0.05) is 66.2 Å². The summed E-state index contributed by atoms with van der Waals surface area (Å²) in [5, 5.41) is 16.6. The Morgan fingerprint density at radius 3 is 2.89 bits per heavy atom. The van der Waals surface area contributed by atoms with Gasteiger partial charge in [-0.2, -0.15) is 5.10 Å². The molecule has 0 bridgehead atoms. The predicted molar refractivity (Wildman–Crippen MR) is 148 cm³/mol. The first-order chi connectivity index (χ1) is 18.7. The van der Waals surface area contributed by atoms with Crippen LogP contribution in [0.2, 0.25) is 0 Å². The van der Waals surface area contributed by atoms with Crippen LogP contribution in [0.25, 0.3) is 28.4 Å². The molecule has 2 aliphatic heterocycles. The molecule has 1 atom stereocenters. The Labute approximate surface area is 221 Å². The molecule has 1 spiro atoms. The molecule has 4 aromatic heterocycles. The van der Waals surface area contributed by atoms with Crippen molar-refractivity contribution in [3.63, 3.8) is 0 Å². The zero-order chi connectivity index (χ0) is 25.1. The smallest absolute Gasteiger partial charge is 0.162 e. The highest BCUT2D eigenvalue weighted by Crippen LogP contribution is 2.52. The minimum absolute atomic E-state index is 0.360. The maximum atomic E-state index is 5.19. The molecule has 9 nitrogen and oxygen atoms in total. The number of pyridine rings is 2. The van der Waals surface area contributed by atoms with E-state index in [9.17, 15) is 0 Å². The summed E-state index contributed by atoms with van der Waals surface area (Å²) in [6.45, 7) is 2.99. The molecular formula is C29H31N9. The number of aryl methyl sites for hydroxylation is 1. The van der Waals surface area contributed by atoms with Crippen molar-refractivity contribution in [3.8, 4) is 11.4 Å². The van der Waals surface area contributed by atoms with Crippen LogP contribution in [0.4, 0.5) is 11.6 Å². The number of nitrogens with one attached hydrogen (secondary N) is 3. The maximum Gasteiger partial charge on any atom is 0.162 e. The summed E-state index contributed by atoms with van der Waals surface area (Å²) < 4.78 is 2.02. The van der Waals surface area contributed by atoms with E-state index in [1.807, 2.05) is 47.7 Å². The van der Waals surface area contributed by atoms with Gasteiger partial charge in [-0.25, -0.2) is 15.0 Å². The second-order valence-electron chi connectivity index (χ2n) is 11.3. The zero-order valence-corrected chi connectivity index (χ0v) is 21.3. The number of nitrogens with zero attached hydrogens (tertiary/aromatic N) is 6. The molecule has 2 saturated carbocycles. The average molecular weight is 506 g/mol. The molecule has 0 radical (unpaired) electrons. The molecule has 0 aromatic carbocycles. The third kappa shape index (κ3) is 3.93. The third-order valence-electron chi connectivity index (χ3n) is 8.65. The fourth-order valence-electron chi connectivity index (χ4n) is 6.17. The first-order valence-corrected chi connectivity index (χ1v) is 13.8. The van der Waals surface area contributed by atoms with Gasteiger partial charge in [0.2, 0.25) is 0 Å². The lowest BCUT2D eigenvalue weighted by molar-refractivity contribution is 0.322. The maximum absolute atomic E-state index is 5.19. The van der Waals surface area contributed by atoms with Crippen molar-refractivity contribution < 1.29 is 0 Å². The molecule has 192 valence electrons. The number of hydrogen-bond donors (Lipinski definition) is 3. The Kier molecular flexibility index (Phi) is 5.01. The largest absolute Gasteiger partial charge is 0.366 e. The van der Waals surface area contributed by atoms with Gasteiger partial charge < -0.3 is 16.0 Å². The predicted octanol–water partition coefficient (Wildman–Crippen LogP) is 4.57. The van der Waals surface area contributed by atoms with Crippen LogP contribution in [-0.4, -0.2) is 48.8 Å². The highest BCUT2D eigenvalue weighted by Gasteiger charge is 2.50. The highest BCUT2D eigenvalue weighted by molar-refractivity contribution is 5.93. The van der Waals surface area contributed by atoms with E-state index in [0.29, 0.717) is 23.2 Å². The molecule has 9 heteroatoms. The van der Waals surface area contributed by atoms with E-state index in [2.05, 4.69) is 37.1 Å². The molecule has 1 unspecified atom stereocenters. The van der Waals surface area contributed by atoms with Crippen molar-refractivity contribution in [2.24, 2.45) is 5.41 Å². The minimum atomic E-state index is 0.360. The summed E-state index contributed by atoms with van der Waals surface area (Å²) in [5.74, 6) is 3.03. The van der Waals surface area contributed by atoms with Crippen LogP contribution in [0.5, 0.6) is 0 Å². The first kappa shape index (κ1) is 22.2. The van der Waals surface area contributed by atoms with E-state index in [4.69, 9.17) is 9.97 Å². The van der Waals surface area contributed by atoms with Gasteiger partial charge in [-0.05, 0) is 74.4 Å². The van der Waals surface area contributed by atoms with Gasteiger partial charge in [-0.15, -0.1) is 0 Å². The van der Waals surface area contributed by atoms with Crippen molar-refractivity contribution in [2.45, 2.75) is 57.0 Å². The monoisotopic (exact) mass is 505 g/mol. The average Bonchev–Trinajstić information content (AvgIpc) is 3.88. The Hall–Kier alpha value is -3.85. The summed E-state index contributed by atoms with van der Waals surface area (Å²) >= 11 is 0. The lowest BCUT2D eigenvalue weighted by Gasteiger charge is -2.34. The number of anilines is 2. The standard InChI is InChI=1S/C29H31N9/c1-2-18(1)22-15-31-16-23-26(22)28(36-24-5-9-30-17-29(24)7-8-29)37-27(35-23)19-3-10-32-25(13-19)34-20-6-12-38-21(14-20)4-11-33-38/h3-4,10-11,13-16,18,24,30H,1-2,5-9,12,17H2,(H,32,34)(H,35,36,37). The Morgan fingerprint density at radius 1 is 1.05 bits per heavy atom. The Morgan fingerprint density at radius 2 is 2.00 bits per heavy atom. The number of hydrogen-bond acceptors (Lipinski definition) is 8. The minimum Gasteiger partial charge on any atom is -0.366 e. The summed E-state index contributed by atoms with van der Waals surface area (Å²) in [6, 6.07) is 6.49. The van der Waals surface area contributed by atoms with Gasteiger partial charge in [0.15, 0.2) is 5.82 Å². The second kappa shape index (κ2) is 8.59. The summed E-state index contributed by atoms with van der Waals surface area (Å²) in [6.07, 6.45) is 16.7. The van der Waals surface area contributed by atoms with Crippen LogP contribution < -0.4 is 16.0 Å². The van der Waals surface area contributed by atoms with Gasteiger partial charge in [-0.1, -0.05) is 0 Å².